The fourth-order valence-electron chi connectivity index (χ4n) is 6.52. The number of fused-ring (bicyclic) bond motifs is 3. The molecule has 2 saturated carbocycles. The number of rotatable bonds is 3. The number of nitrogen functional groups attached to an aromatic ring is 1. The smallest absolute Gasteiger partial charge is 0.249 e. The number of anilines is 1. The first-order valence-electron chi connectivity index (χ1n) is 11.5. The van der Waals surface area contributed by atoms with Crippen molar-refractivity contribution in [3.63, 3.8) is 0 Å². The Kier molecular flexibility index (Phi) is 5.15. The molecule has 3 aliphatic rings. The molecule has 0 spiro atoms. The Hall–Kier alpha value is -4.03. The number of benzene rings is 1. The van der Waals surface area contributed by atoms with Crippen LogP contribution >= 0.6 is 0 Å². The summed E-state index contributed by atoms with van der Waals surface area (Å²) >= 11 is 0. The maximum absolute atomic E-state index is 13.8. The van der Waals surface area contributed by atoms with Gasteiger partial charge >= 0.3 is 0 Å². The van der Waals surface area contributed by atoms with Gasteiger partial charge in [-0.05, 0) is 50.0 Å². The lowest BCUT2D eigenvalue weighted by molar-refractivity contribution is -0.181. The molecule has 0 saturated heterocycles. The van der Waals surface area contributed by atoms with Crippen LogP contribution in [0.1, 0.15) is 22.3 Å². The van der Waals surface area contributed by atoms with E-state index in [1.165, 1.54) is 25.1 Å². The summed E-state index contributed by atoms with van der Waals surface area (Å²) in [6, 6.07) is 1.25. The van der Waals surface area contributed by atoms with E-state index in [1.54, 1.807) is 0 Å². The number of carbonyl (C=O) groups is 5. The van der Waals surface area contributed by atoms with Gasteiger partial charge in [-0.1, -0.05) is 6.07 Å². The van der Waals surface area contributed by atoms with Crippen LogP contribution in [-0.2, 0) is 25.6 Å². The Morgan fingerprint density at radius 1 is 1.03 bits per heavy atom. The van der Waals surface area contributed by atoms with Crippen LogP contribution < -0.4 is 22.3 Å². The van der Waals surface area contributed by atoms with Crippen molar-refractivity contribution in [2.45, 2.75) is 24.5 Å². The predicted molar refractivity (Wildman–Crippen MR) is 126 cm³/mol. The summed E-state index contributed by atoms with van der Waals surface area (Å²) in [6.45, 7) is 0. The van der Waals surface area contributed by atoms with Gasteiger partial charge in [0.25, 0.3) is 0 Å². The average molecular weight is 509 g/mol. The lowest BCUT2D eigenvalue weighted by Crippen LogP contribution is -2.74. The fourth-order valence-corrected chi connectivity index (χ4v) is 6.52. The van der Waals surface area contributed by atoms with Crippen molar-refractivity contribution >= 4 is 34.7 Å². The van der Waals surface area contributed by atoms with Gasteiger partial charge in [-0.2, -0.15) is 0 Å². The molecule has 1 amide bonds. The van der Waals surface area contributed by atoms with E-state index in [1.807, 2.05) is 0 Å². The van der Waals surface area contributed by atoms with E-state index in [4.69, 9.17) is 11.5 Å². The first-order chi connectivity index (χ1) is 17.2. The molecule has 6 N–H and O–H groups in total. The fraction of sp³-hybridized carbons (Fsp3) is 0.400. The summed E-state index contributed by atoms with van der Waals surface area (Å²) in [5.74, 6) is -11.8. The number of phenolic OH excluding ortho intramolecular Hbond substituents is 1. The van der Waals surface area contributed by atoms with Crippen LogP contribution in [0.4, 0.5) is 5.69 Å². The van der Waals surface area contributed by atoms with E-state index in [0.29, 0.717) is 0 Å². The molecule has 2 fully saturated rings. The van der Waals surface area contributed by atoms with Crippen LogP contribution in [0.3, 0.4) is 0 Å². The second-order valence-corrected chi connectivity index (χ2v) is 10.2. The molecule has 0 heterocycles. The highest BCUT2D eigenvalue weighted by Gasteiger charge is 2.69. The van der Waals surface area contributed by atoms with Crippen molar-refractivity contribution in [1.29, 1.82) is 0 Å². The standard InChI is InChI=1S/C25H23N3O9/c1-28(2)17-10-6-7-5-9-8(14-16(26)21(33)20(14)32)3-4-11(29)13(9)18(30)12(7)22(34)25(10,37)23(35)15(19(17)31)24(27)36/h3-4,7,10,12,15,17,29,37H,5-6,26H2,1-2H3,(H2,27,36)/t7-,10-,12?,15?,17-,25-/m0/s1. The Morgan fingerprint density at radius 2 is 1.68 bits per heavy atom. The summed E-state index contributed by atoms with van der Waals surface area (Å²) in [5.41, 5.74) is 6.19. The van der Waals surface area contributed by atoms with Gasteiger partial charge in [0.1, 0.15) is 5.75 Å². The largest absolute Gasteiger partial charge is 0.507 e. The maximum atomic E-state index is 13.8. The van der Waals surface area contributed by atoms with Gasteiger partial charge in [-0.15, -0.1) is 0 Å². The van der Waals surface area contributed by atoms with E-state index < -0.39 is 81.0 Å². The van der Waals surface area contributed by atoms with Crippen LogP contribution in [-0.4, -0.2) is 69.9 Å². The number of Topliss-reactive ketones (excluding diaryl/α,β-unsaturated/α-hetero) is 4. The van der Waals surface area contributed by atoms with Crippen molar-refractivity contribution in [3.8, 4) is 16.9 Å². The number of carbonyl (C=O) groups excluding carboxylic acids is 5. The lowest BCUT2D eigenvalue weighted by atomic mass is 9.52. The minimum absolute atomic E-state index is 0.0478. The number of aromatic hydroxyl groups is 1. The first kappa shape index (κ1) is 24.7. The molecular formula is C25H23N3O9. The molecule has 0 aliphatic heterocycles. The minimum atomic E-state index is -2.83. The third kappa shape index (κ3) is 2.93. The third-order valence-electron chi connectivity index (χ3n) is 8.16. The second kappa shape index (κ2) is 7.73. The van der Waals surface area contributed by atoms with Crippen molar-refractivity contribution in [1.82, 2.24) is 4.90 Å². The molecule has 3 aliphatic carbocycles. The van der Waals surface area contributed by atoms with E-state index in [-0.39, 0.29) is 40.8 Å². The van der Waals surface area contributed by atoms with Crippen molar-refractivity contribution in [3.05, 3.63) is 43.7 Å². The number of phenols is 1. The highest BCUT2D eigenvalue weighted by molar-refractivity contribution is 6.32. The number of hydrogen-bond acceptors (Lipinski definition) is 11. The van der Waals surface area contributed by atoms with Gasteiger partial charge in [0.2, 0.25) is 16.8 Å². The molecule has 0 bridgehead atoms. The van der Waals surface area contributed by atoms with E-state index in [9.17, 15) is 43.8 Å². The number of nitrogens with two attached hydrogens (primary N) is 2. The molecule has 0 radical (unpaired) electrons. The van der Waals surface area contributed by atoms with E-state index in [0.717, 1.165) is 6.07 Å². The van der Waals surface area contributed by atoms with Crippen LogP contribution in [0.2, 0.25) is 0 Å². The number of primary amides is 1. The SMILES string of the molecule is CN(C)[C@@H]1C(=O)C(C(N)=O)C(=O)[C@@]2(O)C(=O)C3C(=O)c4c(O)ccc(-c5c(N)c(=O)c5=O)c4C[C@H]3C[C@@H]12. The molecule has 12 heteroatoms. The first-order valence-corrected chi connectivity index (χ1v) is 11.5. The summed E-state index contributed by atoms with van der Waals surface area (Å²) in [6.07, 6.45) is -0.186. The Morgan fingerprint density at radius 3 is 2.24 bits per heavy atom. The van der Waals surface area contributed by atoms with Gasteiger partial charge in [0.05, 0.1) is 28.8 Å². The van der Waals surface area contributed by atoms with Crippen LogP contribution in [0.25, 0.3) is 11.1 Å². The highest BCUT2D eigenvalue weighted by Crippen LogP contribution is 2.51. The molecule has 12 nitrogen and oxygen atoms in total. The lowest BCUT2D eigenvalue weighted by Gasteiger charge is -2.52. The molecule has 2 aromatic rings. The van der Waals surface area contributed by atoms with Gasteiger partial charge in [0, 0.05) is 5.92 Å². The highest BCUT2D eigenvalue weighted by atomic mass is 16.3. The zero-order valence-corrected chi connectivity index (χ0v) is 19.8. The quantitative estimate of drug-likeness (QED) is 0.255. The molecular weight excluding hydrogens is 486 g/mol. The van der Waals surface area contributed by atoms with E-state index in [2.05, 4.69) is 0 Å². The van der Waals surface area contributed by atoms with Crippen LogP contribution in [0.5, 0.6) is 5.75 Å². The average Bonchev–Trinajstić information content (AvgIpc) is 2.82. The molecule has 5 rings (SSSR count). The van der Waals surface area contributed by atoms with Crippen molar-refractivity contribution in [2.24, 2.45) is 29.4 Å². The van der Waals surface area contributed by atoms with Gasteiger partial charge in [-0.3, -0.25) is 38.5 Å². The third-order valence-corrected chi connectivity index (χ3v) is 8.16. The van der Waals surface area contributed by atoms with Gasteiger partial charge in [0.15, 0.2) is 34.7 Å². The summed E-state index contributed by atoms with van der Waals surface area (Å²) in [4.78, 5) is 91.1. The van der Waals surface area contributed by atoms with Crippen LogP contribution in [0, 0.1) is 23.7 Å². The normalized spacial score (nSPS) is 31.3. The number of amides is 1. The zero-order chi connectivity index (χ0) is 27.3. The molecule has 2 aromatic carbocycles. The number of hydrogen-bond donors (Lipinski definition) is 4. The monoisotopic (exact) mass is 509 g/mol. The molecule has 192 valence electrons. The predicted octanol–water partition coefficient (Wildman–Crippen LogP) is -2.29. The number of aliphatic hydroxyl groups is 1. The zero-order valence-electron chi connectivity index (χ0n) is 19.8. The molecule has 6 atom stereocenters. The topological polar surface area (TPSA) is 215 Å². The molecule has 0 aromatic heterocycles. The van der Waals surface area contributed by atoms with Gasteiger partial charge < -0.3 is 21.7 Å². The van der Waals surface area contributed by atoms with Crippen molar-refractivity contribution in [2.75, 3.05) is 19.8 Å². The summed E-state index contributed by atoms with van der Waals surface area (Å²) in [5, 5.41) is 22.1. The molecule has 2 unspecified atom stereocenters. The number of likely N-dealkylation sites (N-methyl/N-ethyl adjacent to an activating group) is 1. The Labute approximate surface area is 208 Å². The number of ketones is 4. The molecule has 37 heavy (non-hydrogen) atoms. The number of nitrogens with zero attached hydrogens (tertiary/aromatic N) is 1. The van der Waals surface area contributed by atoms with E-state index >= 15 is 0 Å². The second-order valence-electron chi connectivity index (χ2n) is 10.2. The van der Waals surface area contributed by atoms with Crippen molar-refractivity contribution < 1.29 is 34.2 Å². The summed E-state index contributed by atoms with van der Waals surface area (Å²) < 4.78 is 0. The Balaban J connectivity index is 1.68. The summed E-state index contributed by atoms with van der Waals surface area (Å²) in [7, 11) is 2.97. The Bertz CT molecular complexity index is 1530. The maximum Gasteiger partial charge on any atom is 0.249 e. The van der Waals surface area contributed by atoms with Gasteiger partial charge in [-0.25, -0.2) is 0 Å². The van der Waals surface area contributed by atoms with Crippen LogP contribution in [0.15, 0.2) is 21.7 Å². The minimum Gasteiger partial charge on any atom is -0.507 e.